The van der Waals surface area contributed by atoms with Crippen molar-refractivity contribution < 1.29 is 9.22 Å². The van der Waals surface area contributed by atoms with Crippen LogP contribution in [0, 0.1) is 0 Å². The molecular formula is C16H30NO3Sn. The molecule has 0 unspecified atom stereocenters. The Hall–Kier alpha value is -0.141. The van der Waals surface area contributed by atoms with Crippen molar-refractivity contribution in [2.24, 2.45) is 0 Å². The maximum atomic E-state index is 5.62. The fraction of sp³-hybridized carbons (Fsp3) is 0.625. The van der Waals surface area contributed by atoms with E-state index in [0.29, 0.717) is 0 Å². The second-order valence-corrected chi connectivity index (χ2v) is 9.14. The van der Waals surface area contributed by atoms with Crippen molar-refractivity contribution in [2.45, 2.75) is 66.3 Å². The van der Waals surface area contributed by atoms with Gasteiger partial charge in [-0.2, -0.15) is 0 Å². The van der Waals surface area contributed by atoms with Gasteiger partial charge < -0.3 is 6.15 Å². The van der Waals surface area contributed by atoms with Crippen molar-refractivity contribution in [3.05, 3.63) is 35.4 Å². The van der Waals surface area contributed by atoms with Crippen LogP contribution in [0.1, 0.15) is 52.7 Å². The van der Waals surface area contributed by atoms with E-state index in [9.17, 15) is 0 Å². The maximum absolute atomic E-state index is 5.62. The van der Waals surface area contributed by atoms with Gasteiger partial charge in [-0.3, -0.25) is 0 Å². The van der Waals surface area contributed by atoms with Gasteiger partial charge in [-0.25, -0.2) is 0 Å². The molecule has 1 aromatic rings. The normalized spacial score (nSPS) is 12.1. The summed E-state index contributed by atoms with van der Waals surface area (Å²) in [5, 5.41) is 0. The monoisotopic (exact) mass is 404 g/mol. The molecule has 0 heterocycles. The predicted octanol–water partition coefficient (Wildman–Crippen LogP) is 4.00. The van der Waals surface area contributed by atoms with Gasteiger partial charge in [0.25, 0.3) is 0 Å². The van der Waals surface area contributed by atoms with Crippen LogP contribution < -0.4 is 6.15 Å². The van der Waals surface area contributed by atoms with Gasteiger partial charge in [0.2, 0.25) is 0 Å². The molecule has 1 aliphatic carbocycles. The van der Waals surface area contributed by atoms with E-state index in [1.54, 1.807) is 0 Å². The Morgan fingerprint density at radius 1 is 0.762 bits per heavy atom. The number of hydrogen-bond donors (Lipinski definition) is 1. The molecule has 1 aliphatic rings. The maximum Gasteiger partial charge on any atom is -0.00201 e. The Bertz CT molecular complexity index is 352. The molecule has 21 heavy (non-hydrogen) atoms. The quantitative estimate of drug-likeness (QED) is 0.741. The van der Waals surface area contributed by atoms with Gasteiger partial charge in [0.05, 0.1) is 0 Å². The number of fused-ring (bicyclic) bond motifs is 1. The van der Waals surface area contributed by atoms with Crippen molar-refractivity contribution in [1.82, 2.24) is 6.15 Å². The van der Waals surface area contributed by atoms with Crippen LogP contribution in [0.25, 0.3) is 0 Å². The van der Waals surface area contributed by atoms with Gasteiger partial charge in [-0.1, -0.05) is 24.3 Å². The SMILES string of the molecule is CC(C)[O][Sn]([O]C(C)C)[O]C(C)C.N.c1ccc2c(c1)C2. The number of hydrogen-bond acceptors (Lipinski definition) is 4. The molecule has 1 radical (unpaired) electrons. The Morgan fingerprint density at radius 3 is 1.33 bits per heavy atom. The third-order valence-electron chi connectivity index (χ3n) is 2.37. The van der Waals surface area contributed by atoms with E-state index in [4.69, 9.17) is 9.22 Å². The van der Waals surface area contributed by atoms with E-state index in [0.717, 1.165) is 0 Å². The third kappa shape index (κ3) is 10.2. The largest absolute Gasteiger partial charge is 0.344 e. The minimum atomic E-state index is -2.48. The summed E-state index contributed by atoms with van der Waals surface area (Å²) >= 11 is -2.48. The standard InChI is InChI=1S/C7H6.3C3H7O.H3N.Sn/c1-2-4-7-5-6(7)3-1;3*1-3(2)4;;/h1-4H,5H2;3*3H,1-2H3;1H3;/q;3*-1;;+3. The Kier molecular flexibility index (Phi) is 10.5. The average Bonchev–Trinajstić information content (AvgIpc) is 3.05. The Labute approximate surface area is 138 Å². The van der Waals surface area contributed by atoms with E-state index >= 15 is 0 Å². The van der Waals surface area contributed by atoms with Gasteiger partial charge in [-0.15, -0.1) is 0 Å². The van der Waals surface area contributed by atoms with Crippen LogP contribution in [0.15, 0.2) is 24.3 Å². The third-order valence-corrected chi connectivity index (χ3v) is 8.05. The second-order valence-electron chi connectivity index (χ2n) is 5.70. The summed E-state index contributed by atoms with van der Waals surface area (Å²) in [5.74, 6) is 0. The molecule has 0 bridgehead atoms. The smallest absolute Gasteiger partial charge is 0.00201 e. The van der Waals surface area contributed by atoms with Crippen molar-refractivity contribution in [3.63, 3.8) is 0 Å². The first kappa shape index (κ1) is 20.9. The zero-order chi connectivity index (χ0) is 15.1. The summed E-state index contributed by atoms with van der Waals surface area (Å²) in [7, 11) is 0. The first-order chi connectivity index (χ1) is 9.38. The summed E-state index contributed by atoms with van der Waals surface area (Å²) in [4.78, 5) is 0. The molecule has 0 amide bonds. The topological polar surface area (TPSA) is 62.7 Å². The molecule has 0 atom stereocenters. The van der Waals surface area contributed by atoms with Gasteiger partial charge in [0.1, 0.15) is 0 Å². The van der Waals surface area contributed by atoms with Crippen LogP contribution in [0.5, 0.6) is 0 Å². The molecule has 0 aromatic heterocycles. The summed E-state index contributed by atoms with van der Waals surface area (Å²) < 4.78 is 16.9. The van der Waals surface area contributed by atoms with Crippen LogP contribution in [0.3, 0.4) is 0 Å². The molecule has 3 N–H and O–H groups in total. The summed E-state index contributed by atoms with van der Waals surface area (Å²) in [6.45, 7) is 12.0. The molecule has 2 rings (SSSR count). The van der Waals surface area contributed by atoms with E-state index in [2.05, 4.69) is 24.3 Å². The van der Waals surface area contributed by atoms with Gasteiger partial charge in [-0.05, 0) is 17.5 Å². The average molecular weight is 403 g/mol. The van der Waals surface area contributed by atoms with Crippen LogP contribution in [0.4, 0.5) is 0 Å². The fourth-order valence-corrected chi connectivity index (χ4v) is 5.27. The Balaban J connectivity index is 0.000000414. The zero-order valence-electron chi connectivity index (χ0n) is 14.2. The molecule has 0 spiro atoms. The second kappa shape index (κ2) is 10.6. The molecule has 1 aromatic carbocycles. The molecule has 0 saturated carbocycles. The molecule has 0 saturated heterocycles. The summed E-state index contributed by atoms with van der Waals surface area (Å²) in [6, 6.07) is 8.53. The molecule has 121 valence electrons. The number of rotatable bonds is 6. The van der Waals surface area contributed by atoms with E-state index < -0.39 is 21.0 Å². The van der Waals surface area contributed by atoms with Crippen LogP contribution in [-0.2, 0) is 15.6 Å². The van der Waals surface area contributed by atoms with Crippen molar-refractivity contribution in [2.75, 3.05) is 0 Å². The van der Waals surface area contributed by atoms with Crippen molar-refractivity contribution in [1.29, 1.82) is 0 Å². The Morgan fingerprint density at radius 2 is 1.10 bits per heavy atom. The minimum absolute atomic E-state index is 0. The summed E-state index contributed by atoms with van der Waals surface area (Å²) in [6.07, 6.45) is 1.85. The van der Waals surface area contributed by atoms with Gasteiger partial charge >= 0.3 is 90.1 Å². The molecule has 0 aliphatic heterocycles. The molecule has 5 heteroatoms. The minimum Gasteiger partial charge on any atom is -0.344 e. The number of benzene rings is 1. The predicted molar refractivity (Wildman–Crippen MR) is 88.7 cm³/mol. The molecule has 0 fully saturated rings. The first-order valence-corrected chi connectivity index (χ1v) is 10.8. The van der Waals surface area contributed by atoms with Crippen LogP contribution in [0.2, 0.25) is 0 Å². The van der Waals surface area contributed by atoms with E-state index in [-0.39, 0.29) is 24.5 Å². The molecular weight excluding hydrogens is 373 g/mol. The first-order valence-electron chi connectivity index (χ1n) is 7.32. The van der Waals surface area contributed by atoms with Gasteiger partial charge in [0, 0.05) is 0 Å². The van der Waals surface area contributed by atoms with Crippen LogP contribution in [-0.4, -0.2) is 39.3 Å². The van der Waals surface area contributed by atoms with E-state index in [1.165, 1.54) is 17.5 Å². The van der Waals surface area contributed by atoms with Crippen LogP contribution >= 0.6 is 0 Å². The van der Waals surface area contributed by atoms with E-state index in [1.807, 2.05) is 41.5 Å². The van der Waals surface area contributed by atoms with Gasteiger partial charge in [0.15, 0.2) is 0 Å². The summed E-state index contributed by atoms with van der Waals surface area (Å²) in [5.41, 5.74) is 3.06. The fourth-order valence-electron chi connectivity index (χ4n) is 1.50. The van der Waals surface area contributed by atoms with Crippen molar-refractivity contribution >= 4 is 21.0 Å². The molecule has 4 nitrogen and oxygen atoms in total. The zero-order valence-corrected chi connectivity index (χ0v) is 17.0. The van der Waals surface area contributed by atoms with Crippen molar-refractivity contribution in [3.8, 4) is 0 Å².